The summed E-state index contributed by atoms with van der Waals surface area (Å²) in [7, 11) is 0. The number of ether oxygens (including phenoxy) is 1. The summed E-state index contributed by atoms with van der Waals surface area (Å²) in [5.41, 5.74) is 3.37. The van der Waals surface area contributed by atoms with E-state index < -0.39 is 0 Å². The van der Waals surface area contributed by atoms with Gasteiger partial charge < -0.3 is 10.1 Å². The number of aromatic nitrogens is 1. The van der Waals surface area contributed by atoms with E-state index >= 15 is 0 Å². The van der Waals surface area contributed by atoms with E-state index in [1.807, 2.05) is 37.3 Å². The number of benzene rings is 1. The van der Waals surface area contributed by atoms with Crippen molar-refractivity contribution in [2.75, 3.05) is 6.54 Å². The Morgan fingerprint density at radius 2 is 1.90 bits per heavy atom. The fourth-order valence-corrected chi connectivity index (χ4v) is 2.24. The highest BCUT2D eigenvalue weighted by molar-refractivity contribution is 9.10. The van der Waals surface area contributed by atoms with Crippen LogP contribution in [-0.2, 0) is 13.2 Å². The van der Waals surface area contributed by atoms with Gasteiger partial charge in [0.2, 0.25) is 5.88 Å². The second kappa shape index (κ2) is 8.15. The molecule has 0 saturated heterocycles. The van der Waals surface area contributed by atoms with E-state index in [-0.39, 0.29) is 0 Å². The Morgan fingerprint density at radius 3 is 2.57 bits per heavy atom. The van der Waals surface area contributed by atoms with Crippen molar-refractivity contribution < 1.29 is 4.74 Å². The van der Waals surface area contributed by atoms with Gasteiger partial charge in [0, 0.05) is 22.8 Å². The van der Waals surface area contributed by atoms with Crippen molar-refractivity contribution in [2.24, 2.45) is 0 Å². The maximum absolute atomic E-state index is 5.75. The summed E-state index contributed by atoms with van der Waals surface area (Å²) in [6.45, 7) is 6.61. The second-order valence-electron chi connectivity index (χ2n) is 4.99. The highest BCUT2D eigenvalue weighted by atomic mass is 79.9. The minimum Gasteiger partial charge on any atom is -0.473 e. The Morgan fingerprint density at radius 1 is 1.14 bits per heavy atom. The van der Waals surface area contributed by atoms with Gasteiger partial charge in [-0.15, -0.1) is 0 Å². The molecule has 1 aromatic heterocycles. The zero-order chi connectivity index (χ0) is 15.1. The number of nitrogens with one attached hydrogen (secondary N) is 1. The molecule has 0 atom stereocenters. The minimum absolute atomic E-state index is 0.535. The predicted molar refractivity (Wildman–Crippen MR) is 89.4 cm³/mol. The third-order valence-electron chi connectivity index (χ3n) is 3.21. The van der Waals surface area contributed by atoms with Crippen molar-refractivity contribution >= 4 is 15.9 Å². The molecular weight excluding hydrogens is 328 g/mol. The molecule has 4 heteroatoms. The number of pyridine rings is 1. The van der Waals surface area contributed by atoms with Crippen LogP contribution in [0.25, 0.3) is 0 Å². The predicted octanol–water partition coefficient (Wildman–Crippen LogP) is 4.23. The van der Waals surface area contributed by atoms with E-state index in [0.717, 1.165) is 35.2 Å². The average molecular weight is 349 g/mol. The fourth-order valence-electron chi connectivity index (χ4n) is 1.97. The van der Waals surface area contributed by atoms with Gasteiger partial charge >= 0.3 is 0 Å². The van der Waals surface area contributed by atoms with E-state index in [9.17, 15) is 0 Å². The van der Waals surface area contributed by atoms with Crippen molar-refractivity contribution in [3.8, 4) is 5.88 Å². The number of hydrogen-bond acceptors (Lipinski definition) is 3. The first kappa shape index (κ1) is 16.0. The van der Waals surface area contributed by atoms with Crippen molar-refractivity contribution in [2.45, 2.75) is 33.4 Å². The van der Waals surface area contributed by atoms with Gasteiger partial charge in [0.1, 0.15) is 6.61 Å². The molecule has 0 fully saturated rings. The summed E-state index contributed by atoms with van der Waals surface area (Å²) in [6, 6.07) is 12.1. The molecule has 0 aliphatic rings. The molecule has 0 saturated carbocycles. The van der Waals surface area contributed by atoms with Crippen LogP contribution < -0.4 is 10.1 Å². The molecular formula is C17H21BrN2O. The number of halogens is 1. The topological polar surface area (TPSA) is 34.1 Å². The van der Waals surface area contributed by atoms with Crippen LogP contribution in [0.1, 0.15) is 30.2 Å². The third-order valence-corrected chi connectivity index (χ3v) is 3.74. The number of nitrogens with zero attached hydrogens (tertiary/aromatic N) is 1. The maximum atomic E-state index is 5.75. The summed E-state index contributed by atoms with van der Waals surface area (Å²) in [5.74, 6) is 0.676. The third kappa shape index (κ3) is 5.14. The summed E-state index contributed by atoms with van der Waals surface area (Å²) in [6.07, 6.45) is 1.14. The Bertz CT molecular complexity index is 570. The van der Waals surface area contributed by atoms with E-state index in [1.54, 1.807) is 0 Å². The van der Waals surface area contributed by atoms with Crippen molar-refractivity contribution in [1.82, 2.24) is 10.3 Å². The molecule has 0 unspecified atom stereocenters. The van der Waals surface area contributed by atoms with E-state index in [2.05, 4.69) is 39.2 Å². The molecule has 0 aliphatic carbocycles. The Kier molecular flexibility index (Phi) is 6.21. The van der Waals surface area contributed by atoms with Gasteiger partial charge in [-0.3, -0.25) is 0 Å². The number of aryl methyl sites for hydroxylation is 1. The summed E-state index contributed by atoms with van der Waals surface area (Å²) in [5, 5.41) is 3.39. The highest BCUT2D eigenvalue weighted by Crippen LogP contribution is 2.15. The lowest BCUT2D eigenvalue weighted by Crippen LogP contribution is -2.15. The maximum Gasteiger partial charge on any atom is 0.213 e. The van der Waals surface area contributed by atoms with E-state index in [0.29, 0.717) is 12.5 Å². The monoisotopic (exact) mass is 348 g/mol. The van der Waals surface area contributed by atoms with Gasteiger partial charge in [-0.25, -0.2) is 4.98 Å². The van der Waals surface area contributed by atoms with Gasteiger partial charge in [-0.05, 0) is 43.1 Å². The molecule has 1 N–H and O–H groups in total. The molecule has 1 aromatic carbocycles. The van der Waals surface area contributed by atoms with Gasteiger partial charge in [0.15, 0.2) is 0 Å². The van der Waals surface area contributed by atoms with Crippen LogP contribution in [0.5, 0.6) is 5.88 Å². The molecule has 3 nitrogen and oxygen atoms in total. The van der Waals surface area contributed by atoms with Crippen LogP contribution in [0.4, 0.5) is 0 Å². The lowest BCUT2D eigenvalue weighted by atomic mass is 10.2. The summed E-state index contributed by atoms with van der Waals surface area (Å²) < 4.78 is 6.82. The van der Waals surface area contributed by atoms with Crippen molar-refractivity contribution in [1.29, 1.82) is 0 Å². The smallest absolute Gasteiger partial charge is 0.213 e. The van der Waals surface area contributed by atoms with Gasteiger partial charge in [-0.2, -0.15) is 0 Å². The molecule has 0 spiro atoms. The van der Waals surface area contributed by atoms with Crippen LogP contribution in [0.15, 0.2) is 40.9 Å². The Balaban J connectivity index is 1.92. The van der Waals surface area contributed by atoms with E-state index in [4.69, 9.17) is 4.74 Å². The van der Waals surface area contributed by atoms with Crippen molar-refractivity contribution in [3.63, 3.8) is 0 Å². The highest BCUT2D eigenvalue weighted by Gasteiger charge is 2.03. The van der Waals surface area contributed by atoms with Gasteiger partial charge in [-0.1, -0.05) is 41.1 Å². The van der Waals surface area contributed by atoms with Crippen LogP contribution in [-0.4, -0.2) is 11.5 Å². The molecule has 2 rings (SSSR count). The minimum atomic E-state index is 0.535. The molecule has 0 aliphatic heterocycles. The first-order valence-electron chi connectivity index (χ1n) is 7.23. The van der Waals surface area contributed by atoms with Crippen molar-refractivity contribution in [3.05, 3.63) is 57.7 Å². The summed E-state index contributed by atoms with van der Waals surface area (Å²) in [4.78, 5) is 4.51. The molecule has 2 aromatic rings. The standard InChI is InChI=1S/C17H21BrN2O/c1-3-10-19-11-15-6-9-17(20-13(15)2)21-12-14-4-7-16(18)8-5-14/h4-9,19H,3,10-12H2,1-2H3. The zero-order valence-electron chi connectivity index (χ0n) is 12.5. The fraction of sp³-hybridized carbons (Fsp3) is 0.353. The Labute approximate surface area is 134 Å². The normalized spacial score (nSPS) is 10.6. The van der Waals surface area contributed by atoms with Gasteiger partial charge in [0.25, 0.3) is 0 Å². The van der Waals surface area contributed by atoms with Crippen LogP contribution in [0.3, 0.4) is 0 Å². The molecule has 0 amide bonds. The quantitative estimate of drug-likeness (QED) is 0.760. The molecule has 21 heavy (non-hydrogen) atoms. The second-order valence-corrected chi connectivity index (χ2v) is 5.90. The average Bonchev–Trinajstić information content (AvgIpc) is 2.49. The molecule has 112 valence electrons. The van der Waals surface area contributed by atoms with Gasteiger partial charge in [0.05, 0.1) is 0 Å². The van der Waals surface area contributed by atoms with Crippen LogP contribution in [0, 0.1) is 6.92 Å². The number of rotatable bonds is 7. The lowest BCUT2D eigenvalue weighted by molar-refractivity contribution is 0.293. The summed E-state index contributed by atoms with van der Waals surface area (Å²) >= 11 is 3.43. The van der Waals surface area contributed by atoms with Crippen LogP contribution in [0.2, 0.25) is 0 Å². The Hall–Kier alpha value is -1.39. The van der Waals surface area contributed by atoms with E-state index in [1.165, 1.54) is 5.56 Å². The first-order chi connectivity index (χ1) is 10.2. The number of hydrogen-bond donors (Lipinski definition) is 1. The zero-order valence-corrected chi connectivity index (χ0v) is 14.1. The van der Waals surface area contributed by atoms with Crippen LogP contribution >= 0.6 is 15.9 Å². The molecule has 0 radical (unpaired) electrons. The largest absolute Gasteiger partial charge is 0.473 e. The lowest BCUT2D eigenvalue weighted by Gasteiger charge is -2.10. The molecule has 0 bridgehead atoms. The molecule has 1 heterocycles. The SMILES string of the molecule is CCCNCc1ccc(OCc2ccc(Br)cc2)nc1C. The first-order valence-corrected chi connectivity index (χ1v) is 8.03.